The molecule has 3 saturated carbocycles. The van der Waals surface area contributed by atoms with E-state index < -0.39 is 0 Å². The summed E-state index contributed by atoms with van der Waals surface area (Å²) < 4.78 is 0. The lowest BCUT2D eigenvalue weighted by Gasteiger charge is -2.21. The fourth-order valence-corrected chi connectivity index (χ4v) is 2.53. The molecular formula is C15H29IN4. The second-order valence-corrected chi connectivity index (χ2v) is 6.35. The zero-order valence-corrected chi connectivity index (χ0v) is 14.9. The zero-order chi connectivity index (χ0) is 13.1. The van der Waals surface area contributed by atoms with Gasteiger partial charge in [-0.2, -0.15) is 0 Å². The summed E-state index contributed by atoms with van der Waals surface area (Å²) in [5, 5.41) is 6.83. The lowest BCUT2D eigenvalue weighted by Crippen LogP contribution is -2.39. The minimum atomic E-state index is 0. The van der Waals surface area contributed by atoms with Crippen LogP contribution in [0.1, 0.15) is 45.4 Å². The van der Waals surface area contributed by atoms with Gasteiger partial charge in [0.15, 0.2) is 5.96 Å². The number of aliphatic imine (C=N–C) groups is 1. The van der Waals surface area contributed by atoms with Gasteiger partial charge >= 0.3 is 0 Å². The number of hydrogen-bond donors (Lipinski definition) is 2. The predicted molar refractivity (Wildman–Crippen MR) is 94.9 cm³/mol. The predicted octanol–water partition coefficient (Wildman–Crippen LogP) is 2.20. The highest BCUT2D eigenvalue weighted by atomic mass is 127. The fraction of sp³-hybridized carbons (Fsp3) is 0.933. The first-order valence-electron chi connectivity index (χ1n) is 8.14. The molecule has 0 spiro atoms. The van der Waals surface area contributed by atoms with Crippen LogP contribution in [0.3, 0.4) is 0 Å². The van der Waals surface area contributed by atoms with E-state index in [9.17, 15) is 0 Å². The van der Waals surface area contributed by atoms with Crippen molar-refractivity contribution in [2.75, 3.05) is 26.2 Å². The Morgan fingerprint density at radius 3 is 2.45 bits per heavy atom. The Labute approximate surface area is 140 Å². The number of hydrogen-bond acceptors (Lipinski definition) is 2. The Morgan fingerprint density at radius 2 is 1.90 bits per heavy atom. The van der Waals surface area contributed by atoms with Gasteiger partial charge in [0.25, 0.3) is 0 Å². The smallest absolute Gasteiger partial charge is 0.191 e. The molecule has 20 heavy (non-hydrogen) atoms. The molecule has 3 aliphatic carbocycles. The molecule has 0 unspecified atom stereocenters. The molecule has 116 valence electrons. The summed E-state index contributed by atoms with van der Waals surface area (Å²) in [4.78, 5) is 7.41. The maximum Gasteiger partial charge on any atom is 0.191 e. The van der Waals surface area contributed by atoms with Gasteiger partial charge in [-0.05, 0) is 51.4 Å². The Bertz CT molecular complexity index is 322. The van der Waals surface area contributed by atoms with E-state index in [1.807, 2.05) is 0 Å². The van der Waals surface area contributed by atoms with E-state index in [4.69, 9.17) is 4.99 Å². The first kappa shape index (κ1) is 16.3. The van der Waals surface area contributed by atoms with Gasteiger partial charge in [-0.3, -0.25) is 9.89 Å². The van der Waals surface area contributed by atoms with Crippen molar-refractivity contribution < 1.29 is 0 Å². The van der Waals surface area contributed by atoms with Crippen LogP contribution in [0.25, 0.3) is 0 Å². The lowest BCUT2D eigenvalue weighted by atomic mass is 10.3. The molecule has 3 rings (SSSR count). The molecule has 0 saturated heterocycles. The van der Waals surface area contributed by atoms with Gasteiger partial charge in [0.1, 0.15) is 0 Å². The SMILES string of the molecule is CCNC(=NCCN(CC1CC1)C1CC1)NC1CC1.I. The molecule has 0 bridgehead atoms. The first-order chi connectivity index (χ1) is 9.35. The molecule has 5 heteroatoms. The van der Waals surface area contributed by atoms with Gasteiger partial charge in [0.05, 0.1) is 6.54 Å². The summed E-state index contributed by atoms with van der Waals surface area (Å²) in [6, 6.07) is 1.57. The first-order valence-corrected chi connectivity index (χ1v) is 8.14. The molecule has 0 heterocycles. The normalized spacial score (nSPS) is 22.6. The Kier molecular flexibility index (Phi) is 6.39. The van der Waals surface area contributed by atoms with Crippen LogP contribution >= 0.6 is 24.0 Å². The quantitative estimate of drug-likeness (QED) is 0.378. The number of halogens is 1. The molecule has 3 aliphatic rings. The number of nitrogens with one attached hydrogen (secondary N) is 2. The summed E-state index contributed by atoms with van der Waals surface area (Å²) in [6.07, 6.45) is 8.35. The summed E-state index contributed by atoms with van der Waals surface area (Å²) in [5.41, 5.74) is 0. The number of rotatable bonds is 8. The van der Waals surface area contributed by atoms with Gasteiger partial charge in [-0.1, -0.05) is 0 Å². The van der Waals surface area contributed by atoms with Crippen molar-refractivity contribution in [2.45, 2.75) is 57.5 Å². The third kappa shape index (κ3) is 5.76. The molecule has 0 aromatic carbocycles. The highest BCUT2D eigenvalue weighted by Gasteiger charge is 2.33. The highest BCUT2D eigenvalue weighted by molar-refractivity contribution is 14.0. The lowest BCUT2D eigenvalue weighted by molar-refractivity contribution is 0.260. The van der Waals surface area contributed by atoms with Crippen LogP contribution in [-0.2, 0) is 0 Å². The van der Waals surface area contributed by atoms with Gasteiger partial charge in [0, 0.05) is 31.7 Å². The average Bonchev–Trinajstić information content (AvgIpc) is 3.26. The molecule has 0 amide bonds. The Balaban J connectivity index is 0.00000147. The van der Waals surface area contributed by atoms with Crippen molar-refractivity contribution in [3.63, 3.8) is 0 Å². The molecule has 0 aromatic heterocycles. The molecular weight excluding hydrogens is 363 g/mol. The summed E-state index contributed by atoms with van der Waals surface area (Å²) in [5.74, 6) is 2.02. The van der Waals surface area contributed by atoms with Crippen molar-refractivity contribution in [2.24, 2.45) is 10.9 Å². The van der Waals surface area contributed by atoms with Gasteiger partial charge in [-0.15, -0.1) is 24.0 Å². The summed E-state index contributed by atoms with van der Waals surface area (Å²) in [7, 11) is 0. The van der Waals surface area contributed by atoms with Crippen LogP contribution in [0.2, 0.25) is 0 Å². The summed E-state index contributed by atoms with van der Waals surface area (Å²) >= 11 is 0. The number of nitrogens with zero attached hydrogens (tertiary/aromatic N) is 2. The van der Waals surface area contributed by atoms with Gasteiger partial charge < -0.3 is 10.6 Å². The second kappa shape index (κ2) is 7.82. The summed E-state index contributed by atoms with van der Waals surface area (Å²) in [6.45, 7) is 6.49. The second-order valence-electron chi connectivity index (χ2n) is 6.35. The minimum absolute atomic E-state index is 0. The third-order valence-electron chi connectivity index (χ3n) is 4.17. The van der Waals surface area contributed by atoms with E-state index >= 15 is 0 Å². The molecule has 3 fully saturated rings. The van der Waals surface area contributed by atoms with Crippen molar-refractivity contribution >= 4 is 29.9 Å². The maximum atomic E-state index is 4.72. The van der Waals surface area contributed by atoms with Crippen LogP contribution in [0.5, 0.6) is 0 Å². The molecule has 4 nitrogen and oxygen atoms in total. The van der Waals surface area contributed by atoms with Gasteiger partial charge in [0.2, 0.25) is 0 Å². The van der Waals surface area contributed by atoms with Crippen molar-refractivity contribution in [1.82, 2.24) is 15.5 Å². The Hall–Kier alpha value is -0.0400. The third-order valence-corrected chi connectivity index (χ3v) is 4.17. The van der Waals surface area contributed by atoms with Crippen molar-refractivity contribution in [1.29, 1.82) is 0 Å². The molecule has 0 radical (unpaired) electrons. The topological polar surface area (TPSA) is 39.7 Å². The van der Waals surface area contributed by atoms with E-state index in [1.54, 1.807) is 0 Å². The van der Waals surface area contributed by atoms with E-state index in [-0.39, 0.29) is 24.0 Å². The van der Waals surface area contributed by atoms with Crippen LogP contribution in [0.4, 0.5) is 0 Å². The zero-order valence-electron chi connectivity index (χ0n) is 12.6. The van der Waals surface area contributed by atoms with Gasteiger partial charge in [-0.25, -0.2) is 0 Å². The van der Waals surface area contributed by atoms with Crippen LogP contribution in [-0.4, -0.2) is 49.1 Å². The van der Waals surface area contributed by atoms with Crippen LogP contribution in [0, 0.1) is 5.92 Å². The number of guanidine groups is 1. The van der Waals surface area contributed by atoms with Crippen molar-refractivity contribution in [3.05, 3.63) is 0 Å². The maximum absolute atomic E-state index is 4.72. The highest BCUT2D eigenvalue weighted by Crippen LogP contribution is 2.34. The molecule has 0 atom stereocenters. The monoisotopic (exact) mass is 392 g/mol. The molecule has 2 N–H and O–H groups in total. The van der Waals surface area contributed by atoms with E-state index in [1.165, 1.54) is 45.1 Å². The van der Waals surface area contributed by atoms with Crippen molar-refractivity contribution in [3.8, 4) is 0 Å². The molecule has 0 aromatic rings. The Morgan fingerprint density at radius 1 is 1.15 bits per heavy atom. The minimum Gasteiger partial charge on any atom is -0.357 e. The average molecular weight is 392 g/mol. The van der Waals surface area contributed by atoms with Crippen LogP contribution in [0.15, 0.2) is 4.99 Å². The van der Waals surface area contributed by atoms with E-state index in [2.05, 4.69) is 22.5 Å². The largest absolute Gasteiger partial charge is 0.357 e. The van der Waals surface area contributed by atoms with E-state index in [0.717, 1.165) is 37.6 Å². The van der Waals surface area contributed by atoms with E-state index in [0.29, 0.717) is 6.04 Å². The molecule has 0 aliphatic heterocycles. The van der Waals surface area contributed by atoms with Crippen LogP contribution < -0.4 is 10.6 Å². The standard InChI is InChI=1S/C15H28N4.HI/c1-2-16-15(18-13-5-6-13)17-9-10-19(14-7-8-14)11-12-3-4-12;/h12-14H,2-11H2,1H3,(H2,16,17,18);1H. The fourth-order valence-electron chi connectivity index (χ4n) is 2.53.